The second-order valence-corrected chi connectivity index (χ2v) is 2.53. The Morgan fingerprint density at radius 3 is 2.90 bits per heavy atom. The number of carbonyl (C=O) groups excluding carboxylic acids is 1. The minimum absolute atomic E-state index is 0.0414. The van der Waals surface area contributed by atoms with E-state index < -0.39 is 0 Å². The molecule has 1 saturated heterocycles. The predicted molar refractivity (Wildman–Crippen MR) is 37.7 cm³/mol. The van der Waals surface area contributed by atoms with E-state index in [-0.39, 0.29) is 18.4 Å². The molecular weight excluding hydrogens is 130 g/mol. The van der Waals surface area contributed by atoms with Crippen molar-refractivity contribution in [2.75, 3.05) is 13.2 Å². The molecule has 58 valence electrons. The number of nitrogens with two attached hydrogens (primary N) is 1. The third-order valence-corrected chi connectivity index (χ3v) is 1.74. The fourth-order valence-corrected chi connectivity index (χ4v) is 1.13. The summed E-state index contributed by atoms with van der Waals surface area (Å²) in [4.78, 5) is 10.9. The molecular formula is C7H13NO2. The molecule has 0 aromatic heterocycles. The third-order valence-electron chi connectivity index (χ3n) is 1.74. The van der Waals surface area contributed by atoms with Crippen LogP contribution in [0.3, 0.4) is 0 Å². The largest absolute Gasteiger partial charge is 0.370 e. The maximum absolute atomic E-state index is 10.9. The molecule has 1 fully saturated rings. The van der Waals surface area contributed by atoms with Gasteiger partial charge in [0.05, 0.1) is 6.54 Å². The molecule has 1 heterocycles. The molecule has 3 heteroatoms. The van der Waals surface area contributed by atoms with Gasteiger partial charge in [-0.3, -0.25) is 4.79 Å². The number of ether oxygens (including phenoxy) is 1. The van der Waals surface area contributed by atoms with Crippen molar-refractivity contribution in [1.29, 1.82) is 0 Å². The Morgan fingerprint density at radius 2 is 2.40 bits per heavy atom. The molecule has 10 heavy (non-hydrogen) atoms. The molecule has 0 aromatic carbocycles. The molecule has 0 bridgehead atoms. The number of ketones is 1. The number of Topliss-reactive ketones (excluding diaryl/α,β-unsaturated/α-hetero) is 1. The van der Waals surface area contributed by atoms with E-state index in [0.29, 0.717) is 0 Å². The maximum atomic E-state index is 10.9. The van der Waals surface area contributed by atoms with Crippen molar-refractivity contribution in [3.05, 3.63) is 0 Å². The average molecular weight is 143 g/mol. The van der Waals surface area contributed by atoms with Gasteiger partial charge in [-0.15, -0.1) is 0 Å². The van der Waals surface area contributed by atoms with Crippen LogP contribution in [0.2, 0.25) is 0 Å². The Morgan fingerprint density at radius 1 is 1.60 bits per heavy atom. The quantitative estimate of drug-likeness (QED) is 0.595. The first kappa shape index (κ1) is 7.69. The number of carbonyl (C=O) groups is 1. The molecule has 0 saturated carbocycles. The molecule has 1 aliphatic rings. The number of hydrogen-bond donors (Lipinski definition) is 1. The van der Waals surface area contributed by atoms with Crippen LogP contribution in [-0.4, -0.2) is 25.0 Å². The zero-order valence-corrected chi connectivity index (χ0v) is 6.01. The van der Waals surface area contributed by atoms with Crippen molar-refractivity contribution in [3.63, 3.8) is 0 Å². The van der Waals surface area contributed by atoms with Crippen molar-refractivity contribution >= 4 is 5.78 Å². The molecule has 1 rings (SSSR count). The van der Waals surface area contributed by atoms with Crippen molar-refractivity contribution < 1.29 is 9.53 Å². The van der Waals surface area contributed by atoms with Crippen molar-refractivity contribution in [2.45, 2.75) is 25.4 Å². The van der Waals surface area contributed by atoms with Crippen LogP contribution in [0.15, 0.2) is 0 Å². The van der Waals surface area contributed by atoms with Crippen molar-refractivity contribution in [1.82, 2.24) is 0 Å². The van der Waals surface area contributed by atoms with Gasteiger partial charge in [0.1, 0.15) is 6.10 Å². The lowest BCUT2D eigenvalue weighted by Crippen LogP contribution is -2.32. The smallest absolute Gasteiger partial charge is 0.175 e. The van der Waals surface area contributed by atoms with E-state index >= 15 is 0 Å². The van der Waals surface area contributed by atoms with Crippen LogP contribution < -0.4 is 5.73 Å². The van der Waals surface area contributed by atoms with Crippen LogP contribution in [0.4, 0.5) is 0 Å². The molecule has 2 N–H and O–H groups in total. The highest BCUT2D eigenvalue weighted by atomic mass is 16.5. The molecule has 0 spiro atoms. The van der Waals surface area contributed by atoms with Crippen LogP contribution in [0, 0.1) is 0 Å². The van der Waals surface area contributed by atoms with E-state index in [1.165, 1.54) is 0 Å². The number of rotatable bonds is 2. The Bertz CT molecular complexity index is 119. The minimum atomic E-state index is -0.196. The lowest BCUT2D eigenvalue weighted by Gasteiger charge is -2.20. The summed E-state index contributed by atoms with van der Waals surface area (Å²) >= 11 is 0. The molecule has 0 aliphatic carbocycles. The van der Waals surface area contributed by atoms with E-state index in [0.717, 1.165) is 25.9 Å². The van der Waals surface area contributed by atoms with Gasteiger partial charge in [-0.1, -0.05) is 0 Å². The topological polar surface area (TPSA) is 52.3 Å². The van der Waals surface area contributed by atoms with Crippen molar-refractivity contribution in [2.24, 2.45) is 5.73 Å². The Kier molecular flexibility index (Phi) is 2.83. The highest BCUT2D eigenvalue weighted by molar-refractivity contribution is 5.84. The van der Waals surface area contributed by atoms with Gasteiger partial charge >= 0.3 is 0 Å². The van der Waals surface area contributed by atoms with E-state index in [1.807, 2.05) is 0 Å². The first-order valence-corrected chi connectivity index (χ1v) is 3.69. The van der Waals surface area contributed by atoms with Crippen molar-refractivity contribution in [3.8, 4) is 0 Å². The summed E-state index contributed by atoms with van der Waals surface area (Å²) in [5.41, 5.74) is 5.17. The van der Waals surface area contributed by atoms with Crippen LogP contribution in [0.1, 0.15) is 19.3 Å². The standard InChI is InChI=1S/C7H13NO2/c8-5-6(9)7-3-1-2-4-10-7/h7H,1-5,8H2. The Balaban J connectivity index is 2.31. The monoisotopic (exact) mass is 143 g/mol. The normalized spacial score (nSPS) is 26.3. The summed E-state index contributed by atoms with van der Waals surface area (Å²) in [6.07, 6.45) is 2.83. The number of hydrogen-bond acceptors (Lipinski definition) is 3. The summed E-state index contributed by atoms with van der Waals surface area (Å²) in [5, 5.41) is 0. The maximum Gasteiger partial charge on any atom is 0.175 e. The second-order valence-electron chi connectivity index (χ2n) is 2.53. The molecule has 3 nitrogen and oxygen atoms in total. The first-order valence-electron chi connectivity index (χ1n) is 3.69. The lowest BCUT2D eigenvalue weighted by atomic mass is 10.1. The third kappa shape index (κ3) is 1.78. The average Bonchev–Trinajstić information content (AvgIpc) is 2.05. The summed E-state index contributed by atoms with van der Waals surface area (Å²) in [5.74, 6) is 0.0414. The predicted octanol–water partition coefficient (Wildman–Crippen LogP) is 0.0833. The van der Waals surface area contributed by atoms with Crippen LogP contribution in [0.25, 0.3) is 0 Å². The first-order chi connectivity index (χ1) is 4.84. The summed E-state index contributed by atoms with van der Waals surface area (Å²) in [6, 6.07) is 0. The van der Waals surface area contributed by atoms with Crippen LogP contribution in [0.5, 0.6) is 0 Å². The SMILES string of the molecule is NCC(=O)C1CCCCO1. The van der Waals surface area contributed by atoms with E-state index in [4.69, 9.17) is 10.5 Å². The van der Waals surface area contributed by atoms with Gasteiger partial charge in [-0.05, 0) is 19.3 Å². The Hall–Kier alpha value is -0.410. The fraction of sp³-hybridized carbons (Fsp3) is 0.857. The highest BCUT2D eigenvalue weighted by Gasteiger charge is 2.19. The van der Waals surface area contributed by atoms with Gasteiger partial charge < -0.3 is 10.5 Å². The van der Waals surface area contributed by atoms with Gasteiger partial charge in [0.2, 0.25) is 0 Å². The molecule has 1 aliphatic heterocycles. The fourth-order valence-electron chi connectivity index (χ4n) is 1.13. The molecule has 1 atom stereocenters. The summed E-state index contributed by atoms with van der Waals surface area (Å²) < 4.78 is 5.20. The van der Waals surface area contributed by atoms with Gasteiger partial charge in [0.15, 0.2) is 5.78 Å². The highest BCUT2D eigenvalue weighted by Crippen LogP contribution is 2.12. The minimum Gasteiger partial charge on any atom is -0.370 e. The summed E-state index contributed by atoms with van der Waals surface area (Å²) in [6.45, 7) is 0.834. The van der Waals surface area contributed by atoms with Gasteiger partial charge in [0.25, 0.3) is 0 Å². The van der Waals surface area contributed by atoms with Crippen LogP contribution in [-0.2, 0) is 9.53 Å². The van der Waals surface area contributed by atoms with Gasteiger partial charge in [0, 0.05) is 6.61 Å². The molecule has 1 unspecified atom stereocenters. The molecule has 0 aromatic rings. The lowest BCUT2D eigenvalue weighted by molar-refractivity contribution is -0.131. The van der Waals surface area contributed by atoms with Crippen LogP contribution >= 0.6 is 0 Å². The summed E-state index contributed by atoms with van der Waals surface area (Å²) in [7, 11) is 0. The van der Waals surface area contributed by atoms with E-state index in [1.54, 1.807) is 0 Å². The Labute approximate surface area is 60.5 Å². The second kappa shape index (κ2) is 3.68. The molecule has 0 amide bonds. The van der Waals surface area contributed by atoms with E-state index in [9.17, 15) is 4.79 Å². The zero-order valence-electron chi connectivity index (χ0n) is 6.01. The molecule has 0 radical (unpaired) electrons. The van der Waals surface area contributed by atoms with Gasteiger partial charge in [-0.2, -0.15) is 0 Å². The van der Waals surface area contributed by atoms with E-state index in [2.05, 4.69) is 0 Å². The zero-order chi connectivity index (χ0) is 7.40. The van der Waals surface area contributed by atoms with Gasteiger partial charge in [-0.25, -0.2) is 0 Å².